The molecule has 7 nitrogen and oxygen atoms in total. The van der Waals surface area contributed by atoms with Crippen molar-refractivity contribution in [2.45, 2.75) is 26.7 Å². The van der Waals surface area contributed by atoms with Gasteiger partial charge in [-0.05, 0) is 30.9 Å². The van der Waals surface area contributed by atoms with E-state index in [1.54, 1.807) is 4.90 Å². The fraction of sp³-hybridized carbons (Fsp3) is 0.526. The smallest absolute Gasteiger partial charge is 0.323 e. The number of anilines is 1. The number of hydrogen-bond donors (Lipinski definition) is 2. The van der Waals surface area contributed by atoms with E-state index in [1.165, 1.54) is 4.90 Å². The van der Waals surface area contributed by atoms with Crippen LogP contribution in [0.2, 0.25) is 0 Å². The summed E-state index contributed by atoms with van der Waals surface area (Å²) in [4.78, 5) is 39.4. The highest BCUT2D eigenvalue weighted by Crippen LogP contribution is 2.20. The minimum absolute atomic E-state index is 0.180. The predicted molar refractivity (Wildman–Crippen MR) is 98.8 cm³/mol. The van der Waals surface area contributed by atoms with Crippen molar-refractivity contribution in [3.05, 3.63) is 30.3 Å². The summed E-state index contributed by atoms with van der Waals surface area (Å²) in [7, 11) is 0. The van der Waals surface area contributed by atoms with Crippen molar-refractivity contribution < 1.29 is 19.5 Å². The number of aliphatic carboxylic acids is 1. The zero-order valence-electron chi connectivity index (χ0n) is 15.4. The van der Waals surface area contributed by atoms with Gasteiger partial charge in [0.1, 0.15) is 6.54 Å². The molecule has 7 heteroatoms. The lowest BCUT2D eigenvalue weighted by atomic mass is 9.96. The maximum Gasteiger partial charge on any atom is 0.323 e. The number of amides is 3. The van der Waals surface area contributed by atoms with Crippen molar-refractivity contribution in [3.8, 4) is 0 Å². The summed E-state index contributed by atoms with van der Waals surface area (Å²) in [6.45, 7) is 4.89. The van der Waals surface area contributed by atoms with Gasteiger partial charge in [0.25, 0.3) is 0 Å². The number of carboxylic acid groups (broad SMARTS) is 1. The van der Waals surface area contributed by atoms with Gasteiger partial charge in [0.05, 0.1) is 5.92 Å². The molecule has 1 aliphatic rings. The van der Waals surface area contributed by atoms with E-state index in [2.05, 4.69) is 5.32 Å². The molecule has 1 saturated heterocycles. The van der Waals surface area contributed by atoms with E-state index in [1.807, 2.05) is 44.2 Å². The normalized spacial score (nSPS) is 17.0. The monoisotopic (exact) mass is 361 g/mol. The Morgan fingerprint density at radius 1 is 1.27 bits per heavy atom. The number of carboxylic acids is 1. The van der Waals surface area contributed by atoms with Crippen LogP contribution < -0.4 is 5.32 Å². The number of nitrogens with one attached hydrogen (secondary N) is 1. The van der Waals surface area contributed by atoms with Crippen molar-refractivity contribution in [1.82, 2.24) is 9.80 Å². The SMILES string of the molecule is CC(C)CN(CC(=O)O)C(=O)C1CCCN(C(=O)Nc2ccccc2)C1. The number of carbonyl (C=O) groups excluding carboxylic acids is 2. The zero-order valence-corrected chi connectivity index (χ0v) is 15.4. The lowest BCUT2D eigenvalue weighted by molar-refractivity contribution is -0.147. The van der Waals surface area contributed by atoms with Gasteiger partial charge in [-0.3, -0.25) is 9.59 Å². The molecule has 0 aliphatic carbocycles. The van der Waals surface area contributed by atoms with Gasteiger partial charge in [-0.2, -0.15) is 0 Å². The number of rotatable bonds is 6. The van der Waals surface area contributed by atoms with Crippen LogP contribution >= 0.6 is 0 Å². The van der Waals surface area contributed by atoms with E-state index >= 15 is 0 Å². The lowest BCUT2D eigenvalue weighted by Gasteiger charge is -2.35. The highest BCUT2D eigenvalue weighted by atomic mass is 16.4. The molecule has 142 valence electrons. The summed E-state index contributed by atoms with van der Waals surface area (Å²) in [5.74, 6) is -1.38. The second-order valence-corrected chi connectivity index (χ2v) is 7.09. The molecule has 1 aromatic carbocycles. The maximum atomic E-state index is 12.8. The largest absolute Gasteiger partial charge is 0.480 e. The summed E-state index contributed by atoms with van der Waals surface area (Å²) in [5.41, 5.74) is 0.707. The zero-order chi connectivity index (χ0) is 19.1. The molecule has 1 unspecified atom stereocenters. The van der Waals surface area contributed by atoms with Gasteiger partial charge >= 0.3 is 12.0 Å². The first-order valence-corrected chi connectivity index (χ1v) is 8.98. The van der Waals surface area contributed by atoms with E-state index < -0.39 is 5.97 Å². The van der Waals surface area contributed by atoms with E-state index in [0.29, 0.717) is 31.7 Å². The number of benzene rings is 1. The van der Waals surface area contributed by atoms with Crippen LogP contribution in [0.3, 0.4) is 0 Å². The molecule has 1 aromatic rings. The number of likely N-dealkylation sites (tertiary alicyclic amines) is 1. The van der Waals surface area contributed by atoms with Crippen molar-refractivity contribution in [3.63, 3.8) is 0 Å². The number of urea groups is 1. The summed E-state index contributed by atoms with van der Waals surface area (Å²) < 4.78 is 0. The van der Waals surface area contributed by atoms with Gasteiger partial charge in [0, 0.05) is 25.3 Å². The molecule has 26 heavy (non-hydrogen) atoms. The van der Waals surface area contributed by atoms with Gasteiger partial charge < -0.3 is 20.2 Å². The van der Waals surface area contributed by atoms with Gasteiger partial charge in [-0.25, -0.2) is 4.79 Å². The molecular weight excluding hydrogens is 334 g/mol. The number of nitrogens with zero attached hydrogens (tertiary/aromatic N) is 2. The topological polar surface area (TPSA) is 90.0 Å². The standard InChI is InChI=1S/C19H27N3O4/c1-14(2)11-22(13-17(23)24)18(25)15-7-6-10-21(12-15)19(26)20-16-8-4-3-5-9-16/h3-5,8-9,14-15H,6-7,10-13H2,1-2H3,(H,20,26)(H,23,24). The van der Waals surface area contributed by atoms with E-state index in [0.717, 1.165) is 6.42 Å². The Morgan fingerprint density at radius 2 is 1.96 bits per heavy atom. The van der Waals surface area contributed by atoms with Crippen LogP contribution in [0.15, 0.2) is 30.3 Å². The van der Waals surface area contributed by atoms with Crippen molar-refractivity contribution in [2.75, 3.05) is 31.5 Å². The molecular formula is C19H27N3O4. The molecule has 2 N–H and O–H groups in total. The third kappa shape index (κ3) is 5.75. The van der Waals surface area contributed by atoms with Crippen LogP contribution in [-0.4, -0.2) is 59.0 Å². The second-order valence-electron chi connectivity index (χ2n) is 7.09. The summed E-state index contributed by atoms with van der Waals surface area (Å²) in [5, 5.41) is 11.9. The Kier molecular flexibility index (Phi) is 7.00. The minimum Gasteiger partial charge on any atom is -0.480 e. The van der Waals surface area contributed by atoms with Crippen molar-refractivity contribution >= 4 is 23.6 Å². The Labute approximate surface area is 154 Å². The first-order chi connectivity index (χ1) is 12.4. The Bertz CT molecular complexity index is 633. The van der Waals surface area contributed by atoms with E-state index in [4.69, 9.17) is 5.11 Å². The van der Waals surface area contributed by atoms with Crippen LogP contribution in [0.4, 0.5) is 10.5 Å². The van der Waals surface area contributed by atoms with Crippen LogP contribution in [0.1, 0.15) is 26.7 Å². The van der Waals surface area contributed by atoms with Gasteiger partial charge in [0.2, 0.25) is 5.91 Å². The Morgan fingerprint density at radius 3 is 2.58 bits per heavy atom. The summed E-state index contributed by atoms with van der Waals surface area (Å²) >= 11 is 0. The second kappa shape index (κ2) is 9.22. The third-order valence-corrected chi connectivity index (χ3v) is 4.31. The molecule has 3 amide bonds. The average molecular weight is 361 g/mol. The van der Waals surface area contributed by atoms with Crippen LogP contribution in [-0.2, 0) is 9.59 Å². The van der Waals surface area contributed by atoms with Crippen molar-refractivity contribution in [1.29, 1.82) is 0 Å². The quantitative estimate of drug-likeness (QED) is 0.815. The Hall–Kier alpha value is -2.57. The fourth-order valence-corrected chi connectivity index (χ4v) is 3.18. The van der Waals surface area contributed by atoms with Gasteiger partial charge in [-0.15, -0.1) is 0 Å². The third-order valence-electron chi connectivity index (χ3n) is 4.31. The number of piperidine rings is 1. The first kappa shape index (κ1) is 19.8. The molecule has 1 fully saturated rings. The molecule has 0 spiro atoms. The molecule has 2 rings (SSSR count). The number of para-hydroxylation sites is 1. The highest BCUT2D eigenvalue weighted by molar-refractivity contribution is 5.90. The van der Waals surface area contributed by atoms with Crippen LogP contribution in [0.5, 0.6) is 0 Å². The Balaban J connectivity index is 1.99. The van der Waals surface area contributed by atoms with Gasteiger partial charge in [-0.1, -0.05) is 32.0 Å². The molecule has 0 aromatic heterocycles. The minimum atomic E-state index is -1.02. The lowest BCUT2D eigenvalue weighted by Crippen LogP contribution is -2.49. The molecule has 0 radical (unpaired) electrons. The maximum absolute atomic E-state index is 12.8. The summed E-state index contributed by atoms with van der Waals surface area (Å²) in [6.07, 6.45) is 1.39. The first-order valence-electron chi connectivity index (χ1n) is 8.98. The molecule has 1 atom stereocenters. The van der Waals surface area contributed by atoms with Crippen LogP contribution in [0, 0.1) is 11.8 Å². The van der Waals surface area contributed by atoms with E-state index in [9.17, 15) is 14.4 Å². The molecule has 0 bridgehead atoms. The number of carbonyl (C=O) groups is 3. The predicted octanol–water partition coefficient (Wildman–Crippen LogP) is 2.50. The number of hydrogen-bond acceptors (Lipinski definition) is 3. The van der Waals surface area contributed by atoms with Crippen LogP contribution in [0.25, 0.3) is 0 Å². The highest BCUT2D eigenvalue weighted by Gasteiger charge is 2.32. The fourth-order valence-electron chi connectivity index (χ4n) is 3.18. The molecule has 1 heterocycles. The van der Waals surface area contributed by atoms with Gasteiger partial charge in [0.15, 0.2) is 0 Å². The van der Waals surface area contributed by atoms with Crippen molar-refractivity contribution in [2.24, 2.45) is 11.8 Å². The average Bonchev–Trinajstić information content (AvgIpc) is 2.60. The molecule has 1 aliphatic heterocycles. The molecule has 0 saturated carbocycles. The summed E-state index contributed by atoms with van der Waals surface area (Å²) in [6, 6.07) is 8.93. The van der Waals surface area contributed by atoms with E-state index in [-0.39, 0.29) is 30.3 Å².